The van der Waals surface area contributed by atoms with Crippen molar-refractivity contribution in [1.29, 1.82) is 0 Å². The Bertz CT molecular complexity index is 705. The number of nitrogens with zero attached hydrogens (tertiary/aromatic N) is 3. The van der Waals surface area contributed by atoms with E-state index in [0.717, 1.165) is 11.2 Å². The molecule has 0 fully saturated rings. The summed E-state index contributed by atoms with van der Waals surface area (Å²) in [5.74, 6) is 1.48. The van der Waals surface area contributed by atoms with Crippen molar-refractivity contribution >= 4 is 11.5 Å². The van der Waals surface area contributed by atoms with Gasteiger partial charge in [0.1, 0.15) is 11.6 Å². The zero-order valence-electron chi connectivity index (χ0n) is 9.61. The zero-order chi connectivity index (χ0) is 12.5. The number of rotatable bonds is 2. The van der Waals surface area contributed by atoms with Gasteiger partial charge in [0.15, 0.2) is 11.5 Å². The number of nitrogens with two attached hydrogens (primary N) is 1. The molecule has 0 spiro atoms. The predicted molar refractivity (Wildman–Crippen MR) is 68.3 cm³/mol. The molecule has 90 valence electrons. The van der Waals surface area contributed by atoms with Gasteiger partial charge in [-0.05, 0) is 29.8 Å². The molecule has 0 bridgehead atoms. The van der Waals surface area contributed by atoms with Crippen LogP contribution in [-0.2, 0) is 6.42 Å². The molecule has 1 aromatic carbocycles. The Morgan fingerprint density at radius 2 is 2.00 bits per heavy atom. The van der Waals surface area contributed by atoms with Crippen molar-refractivity contribution in [3.8, 4) is 5.75 Å². The third-order valence-electron chi connectivity index (χ3n) is 2.71. The van der Waals surface area contributed by atoms with Crippen LogP contribution in [-0.4, -0.2) is 19.7 Å². The summed E-state index contributed by atoms with van der Waals surface area (Å²) in [5, 5.41) is 13.7. The Morgan fingerprint density at radius 1 is 1.17 bits per heavy atom. The van der Waals surface area contributed by atoms with Gasteiger partial charge in [-0.1, -0.05) is 18.2 Å². The second-order valence-corrected chi connectivity index (χ2v) is 4.10. The van der Waals surface area contributed by atoms with E-state index in [2.05, 4.69) is 10.1 Å². The Balaban J connectivity index is 1.98. The van der Waals surface area contributed by atoms with Crippen molar-refractivity contribution in [1.82, 2.24) is 14.6 Å². The number of aromatic nitrogens is 3. The monoisotopic (exact) mass is 240 g/mol. The van der Waals surface area contributed by atoms with E-state index in [-0.39, 0.29) is 5.75 Å². The fourth-order valence-corrected chi connectivity index (χ4v) is 1.89. The number of fused-ring (bicyclic) bond motifs is 1. The van der Waals surface area contributed by atoms with Gasteiger partial charge in [0, 0.05) is 6.42 Å². The second-order valence-electron chi connectivity index (χ2n) is 4.10. The van der Waals surface area contributed by atoms with Crippen molar-refractivity contribution in [2.75, 3.05) is 5.73 Å². The van der Waals surface area contributed by atoms with Crippen LogP contribution in [0.2, 0.25) is 0 Å². The van der Waals surface area contributed by atoms with E-state index in [1.165, 1.54) is 0 Å². The van der Waals surface area contributed by atoms with Crippen molar-refractivity contribution < 1.29 is 5.11 Å². The Hall–Kier alpha value is -2.56. The van der Waals surface area contributed by atoms with Gasteiger partial charge in [-0.2, -0.15) is 4.52 Å². The van der Waals surface area contributed by atoms with Crippen molar-refractivity contribution in [3.63, 3.8) is 0 Å². The lowest BCUT2D eigenvalue weighted by Gasteiger charge is -1.97. The van der Waals surface area contributed by atoms with Crippen molar-refractivity contribution in [3.05, 3.63) is 53.9 Å². The summed E-state index contributed by atoms with van der Waals surface area (Å²) in [4.78, 5) is 4.39. The number of aromatic hydroxyl groups is 1. The third-order valence-corrected chi connectivity index (χ3v) is 2.71. The van der Waals surface area contributed by atoms with Gasteiger partial charge in [0.05, 0.1) is 0 Å². The molecular formula is C13H12N4O. The average Bonchev–Trinajstić information content (AvgIpc) is 2.73. The van der Waals surface area contributed by atoms with E-state index in [4.69, 9.17) is 5.73 Å². The van der Waals surface area contributed by atoms with Crippen molar-refractivity contribution in [2.45, 2.75) is 6.42 Å². The number of pyridine rings is 1. The first-order valence-electron chi connectivity index (χ1n) is 5.60. The van der Waals surface area contributed by atoms with Gasteiger partial charge in [0.25, 0.3) is 0 Å². The number of hydrogen-bond acceptors (Lipinski definition) is 4. The minimum Gasteiger partial charge on any atom is -0.508 e. The highest BCUT2D eigenvalue weighted by Crippen LogP contribution is 2.14. The van der Waals surface area contributed by atoms with Crippen LogP contribution in [0, 0.1) is 0 Å². The van der Waals surface area contributed by atoms with E-state index < -0.39 is 0 Å². The molecule has 0 saturated carbocycles. The summed E-state index contributed by atoms with van der Waals surface area (Å²) in [6, 6.07) is 12.5. The molecule has 0 radical (unpaired) electrons. The lowest BCUT2D eigenvalue weighted by molar-refractivity contribution is 0.474. The highest BCUT2D eigenvalue weighted by molar-refractivity contribution is 5.46. The van der Waals surface area contributed by atoms with Crippen LogP contribution in [0.1, 0.15) is 11.4 Å². The molecular weight excluding hydrogens is 228 g/mol. The first-order chi connectivity index (χ1) is 8.72. The first kappa shape index (κ1) is 10.6. The van der Waals surface area contributed by atoms with Gasteiger partial charge in [0.2, 0.25) is 0 Å². The normalized spacial score (nSPS) is 10.9. The minimum absolute atomic E-state index is 0.246. The van der Waals surface area contributed by atoms with E-state index in [0.29, 0.717) is 18.1 Å². The quantitative estimate of drug-likeness (QED) is 0.713. The Morgan fingerprint density at radius 3 is 2.78 bits per heavy atom. The largest absolute Gasteiger partial charge is 0.508 e. The molecule has 3 N–H and O–H groups in total. The summed E-state index contributed by atoms with van der Waals surface area (Å²) < 4.78 is 1.61. The van der Waals surface area contributed by atoms with Crippen molar-refractivity contribution in [2.24, 2.45) is 0 Å². The van der Waals surface area contributed by atoms with Crippen LogP contribution in [0.3, 0.4) is 0 Å². The summed E-state index contributed by atoms with van der Waals surface area (Å²) in [6.45, 7) is 0. The smallest absolute Gasteiger partial charge is 0.157 e. The molecule has 3 aromatic rings. The number of hydrogen-bond donors (Lipinski definition) is 2. The molecule has 0 aliphatic heterocycles. The number of nitrogen functional groups attached to an aromatic ring is 1. The maximum atomic E-state index is 9.41. The molecule has 0 unspecified atom stereocenters. The molecule has 5 nitrogen and oxygen atoms in total. The van der Waals surface area contributed by atoms with E-state index in [1.54, 1.807) is 28.8 Å². The first-order valence-corrected chi connectivity index (χ1v) is 5.60. The summed E-state index contributed by atoms with van der Waals surface area (Å²) in [7, 11) is 0. The lowest BCUT2D eigenvalue weighted by Crippen LogP contribution is -1.98. The van der Waals surface area contributed by atoms with Gasteiger partial charge < -0.3 is 10.8 Å². The highest BCUT2D eigenvalue weighted by atomic mass is 16.3. The van der Waals surface area contributed by atoms with Gasteiger partial charge >= 0.3 is 0 Å². The molecule has 3 rings (SSSR count). The summed E-state index contributed by atoms with van der Waals surface area (Å²) in [5.41, 5.74) is 7.50. The molecule has 0 aliphatic rings. The van der Waals surface area contributed by atoms with Crippen LogP contribution in [0.4, 0.5) is 5.82 Å². The highest BCUT2D eigenvalue weighted by Gasteiger charge is 2.06. The fraction of sp³-hybridized carbons (Fsp3) is 0.0769. The van der Waals surface area contributed by atoms with Crippen LogP contribution < -0.4 is 5.73 Å². The minimum atomic E-state index is 0.246. The van der Waals surface area contributed by atoms with Gasteiger partial charge in [-0.25, -0.2) is 4.98 Å². The second kappa shape index (κ2) is 4.03. The number of benzene rings is 1. The Labute approximate surface area is 104 Å². The molecule has 18 heavy (non-hydrogen) atoms. The summed E-state index contributed by atoms with van der Waals surface area (Å²) >= 11 is 0. The van der Waals surface area contributed by atoms with E-state index in [9.17, 15) is 5.11 Å². The average molecular weight is 240 g/mol. The molecule has 0 aliphatic carbocycles. The van der Waals surface area contributed by atoms with E-state index in [1.807, 2.05) is 18.2 Å². The number of anilines is 1. The molecule has 5 heteroatoms. The lowest BCUT2D eigenvalue weighted by atomic mass is 10.1. The fourth-order valence-electron chi connectivity index (χ4n) is 1.89. The summed E-state index contributed by atoms with van der Waals surface area (Å²) in [6.07, 6.45) is 0.565. The van der Waals surface area contributed by atoms with Crippen LogP contribution >= 0.6 is 0 Å². The van der Waals surface area contributed by atoms with Gasteiger partial charge in [-0.3, -0.25) is 0 Å². The zero-order valence-corrected chi connectivity index (χ0v) is 9.61. The van der Waals surface area contributed by atoms with E-state index >= 15 is 0 Å². The predicted octanol–water partition coefficient (Wildman–Crippen LogP) is 1.61. The third kappa shape index (κ3) is 1.86. The number of phenols is 1. The maximum absolute atomic E-state index is 9.41. The SMILES string of the molecule is Nc1cccc2nc(Cc3cccc(O)c3)nn12. The van der Waals surface area contributed by atoms with Crippen LogP contribution in [0.25, 0.3) is 5.65 Å². The standard InChI is InChI=1S/C13H12N4O/c14-11-5-2-6-13-15-12(16-17(11)13)8-9-3-1-4-10(18)7-9/h1-7,18H,8,14H2. The Kier molecular flexibility index (Phi) is 2.37. The number of phenolic OH excluding ortho intramolecular Hbond substituents is 1. The van der Waals surface area contributed by atoms with Crippen LogP contribution in [0.15, 0.2) is 42.5 Å². The molecule has 2 heterocycles. The molecule has 0 atom stereocenters. The topological polar surface area (TPSA) is 76.4 Å². The molecule has 0 saturated heterocycles. The molecule has 2 aromatic heterocycles. The molecule has 0 amide bonds. The van der Waals surface area contributed by atoms with Crippen LogP contribution in [0.5, 0.6) is 5.75 Å². The van der Waals surface area contributed by atoms with Gasteiger partial charge in [-0.15, -0.1) is 5.10 Å². The maximum Gasteiger partial charge on any atom is 0.157 e.